The van der Waals surface area contributed by atoms with Crippen LogP contribution in [0.25, 0.3) is 33.3 Å². The second-order valence-corrected chi connectivity index (χ2v) is 22.5. The molecule has 6 heterocycles. The van der Waals surface area contributed by atoms with Crippen molar-refractivity contribution in [2.24, 2.45) is 16.7 Å². The maximum atomic E-state index is 14.9. The number of esters is 1. The molecule has 0 unspecified atom stereocenters. The quantitative estimate of drug-likeness (QED) is 0.117. The summed E-state index contributed by atoms with van der Waals surface area (Å²) < 4.78 is 14.3. The van der Waals surface area contributed by atoms with E-state index >= 15 is 0 Å². The van der Waals surface area contributed by atoms with Crippen molar-refractivity contribution in [3.05, 3.63) is 89.8 Å². The number of pyridine rings is 1. The molecule has 2 aromatic heterocycles. The summed E-state index contributed by atoms with van der Waals surface area (Å²) in [6, 6.07) is 16.0. The first kappa shape index (κ1) is 52.4. The van der Waals surface area contributed by atoms with Crippen LogP contribution >= 0.6 is 0 Å². The minimum absolute atomic E-state index is 0.132. The Morgan fingerprint density at radius 2 is 1.76 bits per heavy atom. The zero-order valence-electron chi connectivity index (χ0n) is 44.3. The molecule has 5 atom stereocenters. The van der Waals surface area contributed by atoms with Crippen molar-refractivity contribution >= 4 is 40.5 Å². The van der Waals surface area contributed by atoms with Crippen LogP contribution in [0.2, 0.25) is 0 Å². The number of benzene rings is 2. The fraction of sp³-hybridized carbons (Fsp3) is 0.544. The van der Waals surface area contributed by atoms with E-state index in [2.05, 4.69) is 72.5 Å². The van der Waals surface area contributed by atoms with Crippen LogP contribution in [0.15, 0.2) is 72.9 Å². The highest BCUT2D eigenvalue weighted by molar-refractivity contribution is 5.97. The van der Waals surface area contributed by atoms with E-state index < -0.39 is 40.8 Å². The number of likely N-dealkylation sites (tertiary alicyclic amines) is 2. The van der Waals surface area contributed by atoms with Gasteiger partial charge >= 0.3 is 5.97 Å². The molecule has 2 aromatic carbocycles. The lowest BCUT2D eigenvalue weighted by molar-refractivity contribution is -0.155. The van der Waals surface area contributed by atoms with Crippen molar-refractivity contribution in [3.63, 3.8) is 0 Å². The molecule has 4 aliphatic heterocycles. The zero-order valence-corrected chi connectivity index (χ0v) is 44.3. The van der Waals surface area contributed by atoms with Crippen molar-refractivity contribution < 1.29 is 33.4 Å². The lowest BCUT2D eigenvalue weighted by Gasteiger charge is -2.37. The summed E-state index contributed by atoms with van der Waals surface area (Å²) in [7, 11) is 5.62. The lowest BCUT2D eigenvalue weighted by atomic mass is 9.84. The van der Waals surface area contributed by atoms with Crippen LogP contribution in [-0.4, -0.2) is 137 Å². The first-order valence-electron chi connectivity index (χ1n) is 25.9. The number of fused-ring (bicyclic) bond motifs is 6. The van der Waals surface area contributed by atoms with Crippen molar-refractivity contribution in [3.8, 4) is 22.4 Å². The van der Waals surface area contributed by atoms with Crippen LogP contribution in [-0.2, 0) is 52.8 Å². The molecule has 0 radical (unpaired) electrons. The summed E-state index contributed by atoms with van der Waals surface area (Å²) in [6.07, 6.45) is 7.85. The number of aromatic nitrogens is 2. The average Bonchev–Trinajstić information content (AvgIpc) is 4.03. The van der Waals surface area contributed by atoms with Crippen molar-refractivity contribution in [1.82, 2.24) is 40.0 Å². The van der Waals surface area contributed by atoms with Crippen LogP contribution in [0.1, 0.15) is 104 Å². The maximum Gasteiger partial charge on any atom is 0.324 e. The predicted molar refractivity (Wildman–Crippen MR) is 279 cm³/mol. The van der Waals surface area contributed by atoms with E-state index in [-0.39, 0.29) is 48.3 Å². The Morgan fingerprint density at radius 1 is 1.01 bits per heavy atom. The Morgan fingerprint density at radius 3 is 2.49 bits per heavy atom. The molecule has 1 spiro atoms. The first-order valence-corrected chi connectivity index (χ1v) is 25.9. The monoisotopic (exact) mass is 985 g/mol. The molecule has 0 aliphatic carbocycles. The van der Waals surface area contributed by atoms with Crippen LogP contribution in [0.5, 0.6) is 0 Å². The molecule has 3 fully saturated rings. The smallest absolute Gasteiger partial charge is 0.324 e. The Hall–Kier alpha value is -5.90. The number of cyclic esters (lactones) is 1. The van der Waals surface area contributed by atoms with Gasteiger partial charge in [-0.05, 0) is 126 Å². The molecule has 0 saturated carbocycles. The highest BCUT2D eigenvalue weighted by Crippen LogP contribution is 2.44. The Kier molecular flexibility index (Phi) is 15.2. The average molecular weight is 985 g/mol. The Labute approximate surface area is 425 Å². The molecule has 4 amide bonds. The molecule has 8 rings (SSSR count). The predicted octanol–water partition coefficient (Wildman–Crippen LogP) is 7.12. The molecule has 6 bridgehead atoms. The van der Waals surface area contributed by atoms with Gasteiger partial charge in [-0.25, -0.2) is 5.43 Å². The standard InChI is InChI=1S/C57H76N8O7/c1-12-63-46-21-20-40-32-42(46)43(50(63)41-18-14-26-58-48(41)37(4)71-11)33-55(5,6)35-72-53(69)44-19-15-27-65(60-44)52(68)45(31-38-16-13-17-39(40)30-38)59-51(67)49(36(2)3)64-29-25-57(54(64)70)24-28-62(34-57)47(66)22-23-56(7,8)61(9)10/h13-14,16-18,20-23,26,30,32,36-37,44-45,49,60H,12,15,19,24-25,27-29,31,33-35H2,1-11H3,(H,59,67)/b23-22+/t37-,44-,45-,49-,57-/m0/s1. The van der Waals surface area contributed by atoms with Gasteiger partial charge in [0.25, 0.3) is 5.91 Å². The van der Waals surface area contributed by atoms with E-state index in [4.69, 9.17) is 14.5 Å². The lowest BCUT2D eigenvalue weighted by Crippen LogP contribution is -2.62. The number of hydrogen-bond donors (Lipinski definition) is 2. The van der Waals surface area contributed by atoms with Gasteiger partial charge in [0.05, 0.1) is 29.5 Å². The highest BCUT2D eigenvalue weighted by Gasteiger charge is 2.54. The van der Waals surface area contributed by atoms with Gasteiger partial charge in [0, 0.05) is 85.9 Å². The number of hydrazine groups is 1. The topological polar surface area (TPSA) is 159 Å². The van der Waals surface area contributed by atoms with Gasteiger partial charge in [-0.3, -0.25) is 34.0 Å². The summed E-state index contributed by atoms with van der Waals surface area (Å²) in [5, 5.41) is 5.68. The number of hydrogen-bond acceptors (Lipinski definition) is 10. The highest BCUT2D eigenvalue weighted by atomic mass is 16.5. The molecular weight excluding hydrogens is 909 g/mol. The number of likely N-dealkylation sites (N-methyl/N-ethyl adjacent to an activating group) is 1. The van der Waals surface area contributed by atoms with Gasteiger partial charge < -0.3 is 34.1 Å². The number of carbonyl (C=O) groups is 5. The summed E-state index contributed by atoms with van der Waals surface area (Å²) in [4.78, 5) is 82.1. The normalized spacial score (nSPS) is 22.8. The van der Waals surface area contributed by atoms with Gasteiger partial charge in [0.2, 0.25) is 17.7 Å². The third-order valence-corrected chi connectivity index (χ3v) is 15.9. The van der Waals surface area contributed by atoms with Gasteiger partial charge in [-0.1, -0.05) is 64.1 Å². The van der Waals surface area contributed by atoms with E-state index in [9.17, 15) is 24.0 Å². The van der Waals surface area contributed by atoms with Crippen LogP contribution in [0.3, 0.4) is 0 Å². The van der Waals surface area contributed by atoms with Crippen molar-refractivity contribution in [2.75, 3.05) is 54.0 Å². The van der Waals surface area contributed by atoms with E-state index in [1.165, 1.54) is 5.01 Å². The zero-order chi connectivity index (χ0) is 51.9. The molecule has 4 aliphatic rings. The Bertz CT molecular complexity index is 2740. The fourth-order valence-corrected chi connectivity index (χ4v) is 11.1. The molecule has 72 heavy (non-hydrogen) atoms. The number of rotatable bonds is 11. The number of methoxy groups -OCH3 is 1. The van der Waals surface area contributed by atoms with E-state index in [1.807, 2.05) is 77.9 Å². The summed E-state index contributed by atoms with van der Waals surface area (Å²) in [5.74, 6) is -1.81. The van der Waals surface area contributed by atoms with Crippen LogP contribution in [0.4, 0.5) is 0 Å². The molecule has 2 N–H and O–H groups in total. The van der Waals surface area contributed by atoms with Gasteiger partial charge in [0.15, 0.2) is 0 Å². The van der Waals surface area contributed by atoms with E-state index in [1.54, 1.807) is 29.2 Å². The molecular formula is C57H76N8O7. The summed E-state index contributed by atoms with van der Waals surface area (Å²) >= 11 is 0. The maximum absolute atomic E-state index is 14.9. The summed E-state index contributed by atoms with van der Waals surface area (Å²) in [6.45, 7) is 18.6. The number of amides is 4. The number of aryl methyl sites for hydroxylation is 1. The SMILES string of the molecule is CCn1c(-c2cccnc2[C@H](C)OC)c2c3cc(ccc31)-c1cccc(c1)C[C@H](NC(=O)[C@H](C(C)C)N1CC[C@]3(CCN(C(=O)/C=C/C(C)(C)N(C)C)C3)C1=O)C(=O)N1CCC[C@H](N1)C(=O)OCC(C)(C)C2. The third-order valence-electron chi connectivity index (χ3n) is 15.9. The number of carbonyl (C=O) groups excluding carboxylic acids is 5. The van der Waals surface area contributed by atoms with Gasteiger partial charge in [-0.2, -0.15) is 0 Å². The Balaban J connectivity index is 1.13. The van der Waals surface area contributed by atoms with Crippen LogP contribution < -0.4 is 10.7 Å². The van der Waals surface area contributed by atoms with Gasteiger partial charge in [-0.15, -0.1) is 0 Å². The largest absolute Gasteiger partial charge is 0.464 e. The number of ether oxygens (including phenoxy) is 2. The minimum Gasteiger partial charge on any atom is -0.464 e. The molecule has 4 aromatic rings. The number of nitrogens with one attached hydrogen (secondary N) is 2. The third kappa shape index (κ3) is 10.5. The van der Waals surface area contributed by atoms with Crippen molar-refractivity contribution in [1.29, 1.82) is 0 Å². The minimum atomic E-state index is -1.04. The molecule has 15 heteroatoms. The van der Waals surface area contributed by atoms with Crippen molar-refractivity contribution in [2.45, 2.75) is 130 Å². The first-order chi connectivity index (χ1) is 34.2. The molecule has 15 nitrogen and oxygen atoms in total. The van der Waals surface area contributed by atoms with E-state index in [0.29, 0.717) is 64.8 Å². The fourth-order valence-electron chi connectivity index (χ4n) is 11.1. The van der Waals surface area contributed by atoms with Gasteiger partial charge in [0.1, 0.15) is 18.1 Å². The van der Waals surface area contributed by atoms with Crippen LogP contribution in [0, 0.1) is 16.7 Å². The second-order valence-electron chi connectivity index (χ2n) is 22.5. The number of nitrogens with zero attached hydrogens (tertiary/aromatic N) is 6. The molecule has 3 saturated heterocycles. The summed E-state index contributed by atoms with van der Waals surface area (Å²) in [5.41, 5.74) is 9.43. The second kappa shape index (κ2) is 20.9. The van der Waals surface area contributed by atoms with E-state index in [0.717, 1.165) is 50.1 Å². The molecule has 386 valence electrons.